The summed E-state index contributed by atoms with van der Waals surface area (Å²) in [6.45, 7) is 6.72. The smallest absolute Gasteiger partial charge is 0.411 e. The molecular weight excluding hydrogens is 482 g/mol. The average Bonchev–Trinajstić information content (AvgIpc) is 3.24. The molecule has 0 spiro atoms. The predicted molar refractivity (Wildman–Crippen MR) is 145 cm³/mol. The molecule has 8 heteroatoms. The van der Waals surface area contributed by atoms with Gasteiger partial charge >= 0.3 is 6.09 Å². The van der Waals surface area contributed by atoms with Crippen molar-refractivity contribution in [1.82, 2.24) is 10.2 Å². The van der Waals surface area contributed by atoms with E-state index in [0.29, 0.717) is 29.1 Å². The molecule has 1 aliphatic rings. The van der Waals surface area contributed by atoms with Crippen molar-refractivity contribution in [3.05, 3.63) is 95.1 Å². The highest BCUT2D eigenvalue weighted by Gasteiger charge is 2.47. The summed E-state index contributed by atoms with van der Waals surface area (Å²) in [5, 5.41) is 5.83. The molecule has 0 bridgehead atoms. The number of nitrogens with one attached hydrogen (secondary N) is 2. The molecule has 0 radical (unpaired) electrons. The summed E-state index contributed by atoms with van der Waals surface area (Å²) in [7, 11) is 1.56. The molecule has 3 aromatic rings. The highest BCUT2D eigenvalue weighted by molar-refractivity contribution is 6.04. The van der Waals surface area contributed by atoms with Gasteiger partial charge in [-0.05, 0) is 60.4 Å². The van der Waals surface area contributed by atoms with Crippen LogP contribution in [0.1, 0.15) is 47.0 Å². The van der Waals surface area contributed by atoms with Crippen LogP contribution in [-0.2, 0) is 16.1 Å². The normalized spacial score (nSPS) is 16.8. The first-order chi connectivity index (χ1) is 18.2. The molecule has 2 N–H and O–H groups in total. The van der Waals surface area contributed by atoms with E-state index in [1.54, 1.807) is 55.6 Å². The third-order valence-electron chi connectivity index (χ3n) is 6.34. The minimum atomic E-state index is -0.866. The first-order valence-corrected chi connectivity index (χ1v) is 12.6. The summed E-state index contributed by atoms with van der Waals surface area (Å²) in [4.78, 5) is 40.7. The standard InChI is InChI=1S/C30H33N3O5/c1-19(2)17-31-29(35)26-27(38-30(36)33(26)18-21-10-8-20(3)9-11-21)23-6-5-7-24(16-23)32-28(34)22-12-14-25(37-4)15-13-22/h5-16,19,26-27H,17-18H2,1-4H3,(H,31,35)(H,32,34)/t26-,27-/m0/s1. The van der Waals surface area contributed by atoms with Crippen molar-refractivity contribution in [2.75, 3.05) is 19.0 Å². The number of nitrogens with zero attached hydrogens (tertiary/aromatic N) is 1. The number of carbonyl (C=O) groups is 3. The quantitative estimate of drug-likeness (QED) is 0.414. The number of carbonyl (C=O) groups excluding carboxylic acids is 3. The van der Waals surface area contributed by atoms with Gasteiger partial charge in [-0.15, -0.1) is 0 Å². The van der Waals surface area contributed by atoms with Crippen LogP contribution in [0.15, 0.2) is 72.8 Å². The molecule has 1 fully saturated rings. The second kappa shape index (κ2) is 11.8. The number of rotatable bonds is 9. The minimum absolute atomic E-state index is 0.239. The van der Waals surface area contributed by atoms with Gasteiger partial charge < -0.3 is 20.1 Å². The van der Waals surface area contributed by atoms with Crippen molar-refractivity contribution in [2.45, 2.75) is 39.5 Å². The maximum atomic E-state index is 13.4. The summed E-state index contributed by atoms with van der Waals surface area (Å²) in [5.41, 5.74) is 3.61. The lowest BCUT2D eigenvalue weighted by atomic mass is 9.99. The number of benzene rings is 3. The van der Waals surface area contributed by atoms with Gasteiger partial charge in [-0.2, -0.15) is 0 Å². The first kappa shape index (κ1) is 26.7. The van der Waals surface area contributed by atoms with Crippen molar-refractivity contribution >= 4 is 23.6 Å². The summed E-state index contributed by atoms with van der Waals surface area (Å²) in [5.74, 6) is 0.329. The molecule has 1 saturated heterocycles. The predicted octanol–water partition coefficient (Wildman–Crippen LogP) is 5.09. The highest BCUT2D eigenvalue weighted by Crippen LogP contribution is 2.35. The Balaban J connectivity index is 1.58. The molecule has 38 heavy (non-hydrogen) atoms. The number of cyclic esters (lactones) is 1. The number of hydrogen-bond donors (Lipinski definition) is 2. The van der Waals surface area contributed by atoms with Gasteiger partial charge in [0.25, 0.3) is 5.91 Å². The maximum absolute atomic E-state index is 13.4. The van der Waals surface area contributed by atoms with Gasteiger partial charge in [0.05, 0.1) is 13.7 Å². The van der Waals surface area contributed by atoms with E-state index < -0.39 is 18.2 Å². The fraction of sp³-hybridized carbons (Fsp3) is 0.300. The summed E-state index contributed by atoms with van der Waals surface area (Å²) in [6.07, 6.45) is -1.40. The Labute approximate surface area is 222 Å². The van der Waals surface area contributed by atoms with Crippen molar-refractivity contribution < 1.29 is 23.9 Å². The average molecular weight is 516 g/mol. The Morgan fingerprint density at radius 1 is 1.03 bits per heavy atom. The Hall–Kier alpha value is -4.33. The third-order valence-corrected chi connectivity index (χ3v) is 6.34. The molecular formula is C30H33N3O5. The number of amides is 3. The van der Waals surface area contributed by atoms with Crippen LogP contribution in [0.4, 0.5) is 10.5 Å². The Morgan fingerprint density at radius 2 is 1.74 bits per heavy atom. The molecule has 1 aliphatic heterocycles. The van der Waals surface area contributed by atoms with Crippen molar-refractivity contribution in [3.63, 3.8) is 0 Å². The number of aryl methyl sites for hydroxylation is 1. The van der Waals surface area contributed by atoms with Gasteiger partial charge in [0.2, 0.25) is 5.91 Å². The van der Waals surface area contributed by atoms with Crippen LogP contribution in [0.5, 0.6) is 5.75 Å². The number of anilines is 1. The molecule has 1 heterocycles. The summed E-state index contributed by atoms with van der Waals surface area (Å²) < 4.78 is 10.9. The Kier molecular flexibility index (Phi) is 8.31. The van der Waals surface area contributed by atoms with Crippen LogP contribution < -0.4 is 15.4 Å². The van der Waals surface area contributed by atoms with Gasteiger partial charge in [0, 0.05) is 17.8 Å². The van der Waals surface area contributed by atoms with Crippen LogP contribution in [-0.4, -0.2) is 42.5 Å². The lowest BCUT2D eigenvalue weighted by molar-refractivity contribution is -0.126. The zero-order valence-electron chi connectivity index (χ0n) is 22.1. The second-order valence-electron chi connectivity index (χ2n) is 9.81. The molecule has 4 rings (SSSR count). The first-order valence-electron chi connectivity index (χ1n) is 12.6. The minimum Gasteiger partial charge on any atom is -0.497 e. The van der Waals surface area contributed by atoms with E-state index in [2.05, 4.69) is 10.6 Å². The molecule has 8 nitrogen and oxygen atoms in total. The van der Waals surface area contributed by atoms with E-state index in [-0.39, 0.29) is 24.3 Å². The molecule has 0 aromatic heterocycles. The van der Waals surface area contributed by atoms with Crippen LogP contribution in [0.3, 0.4) is 0 Å². The van der Waals surface area contributed by atoms with Crippen molar-refractivity contribution in [3.8, 4) is 5.75 Å². The lowest BCUT2D eigenvalue weighted by Gasteiger charge is -2.25. The number of methoxy groups -OCH3 is 1. The SMILES string of the molecule is COc1ccc(C(=O)Nc2cccc([C@@H]3OC(=O)N(Cc4ccc(C)cc4)[C@@H]3C(=O)NCC(C)C)c2)cc1. The zero-order valence-corrected chi connectivity index (χ0v) is 22.1. The highest BCUT2D eigenvalue weighted by atomic mass is 16.6. The topological polar surface area (TPSA) is 97.0 Å². The molecule has 0 saturated carbocycles. The Bertz CT molecular complexity index is 1290. The largest absolute Gasteiger partial charge is 0.497 e. The number of ether oxygens (including phenoxy) is 2. The third kappa shape index (κ3) is 6.32. The van der Waals surface area contributed by atoms with E-state index in [1.165, 1.54) is 4.90 Å². The molecule has 0 unspecified atom stereocenters. The van der Waals surface area contributed by atoms with Crippen LogP contribution >= 0.6 is 0 Å². The fourth-order valence-corrected chi connectivity index (χ4v) is 4.25. The van der Waals surface area contributed by atoms with E-state index in [1.807, 2.05) is 45.0 Å². The Morgan fingerprint density at radius 3 is 2.39 bits per heavy atom. The van der Waals surface area contributed by atoms with Gasteiger partial charge in [0.1, 0.15) is 5.75 Å². The van der Waals surface area contributed by atoms with E-state index in [9.17, 15) is 14.4 Å². The molecule has 198 valence electrons. The van der Waals surface area contributed by atoms with Gasteiger partial charge in [0.15, 0.2) is 12.1 Å². The lowest BCUT2D eigenvalue weighted by Crippen LogP contribution is -2.47. The van der Waals surface area contributed by atoms with Crippen molar-refractivity contribution in [1.29, 1.82) is 0 Å². The van der Waals surface area contributed by atoms with Crippen molar-refractivity contribution in [2.24, 2.45) is 5.92 Å². The molecule has 3 aromatic carbocycles. The summed E-state index contributed by atoms with van der Waals surface area (Å²) >= 11 is 0. The van der Waals surface area contributed by atoms with E-state index >= 15 is 0 Å². The fourth-order valence-electron chi connectivity index (χ4n) is 4.25. The molecule has 3 amide bonds. The number of hydrogen-bond acceptors (Lipinski definition) is 5. The maximum Gasteiger partial charge on any atom is 0.411 e. The van der Waals surface area contributed by atoms with Crippen LogP contribution in [0.2, 0.25) is 0 Å². The monoisotopic (exact) mass is 515 g/mol. The molecule has 0 aliphatic carbocycles. The zero-order chi connectivity index (χ0) is 27.2. The van der Waals surface area contributed by atoms with E-state index in [0.717, 1.165) is 11.1 Å². The van der Waals surface area contributed by atoms with Gasteiger partial charge in [-0.25, -0.2) is 4.79 Å². The van der Waals surface area contributed by atoms with Gasteiger partial charge in [-0.1, -0.05) is 55.8 Å². The summed E-state index contributed by atoms with van der Waals surface area (Å²) in [6, 6.07) is 20.8. The second-order valence-corrected chi connectivity index (χ2v) is 9.81. The molecule has 2 atom stereocenters. The van der Waals surface area contributed by atoms with Crippen LogP contribution in [0, 0.1) is 12.8 Å². The van der Waals surface area contributed by atoms with E-state index in [4.69, 9.17) is 9.47 Å². The van der Waals surface area contributed by atoms with Gasteiger partial charge in [-0.3, -0.25) is 14.5 Å². The van der Waals surface area contributed by atoms with Crippen LogP contribution in [0.25, 0.3) is 0 Å².